The predicted octanol–water partition coefficient (Wildman–Crippen LogP) is 1.23. The maximum Gasteiger partial charge on any atom is 0.254 e. The number of likely N-dealkylation sites (tertiary alicyclic amines) is 1. The van der Waals surface area contributed by atoms with Gasteiger partial charge in [0, 0.05) is 23.5 Å². The molecule has 5 N–H and O–H groups in total. The molecule has 0 saturated carbocycles. The fourth-order valence-electron chi connectivity index (χ4n) is 2.60. The summed E-state index contributed by atoms with van der Waals surface area (Å²) in [5.41, 5.74) is 12.9. The van der Waals surface area contributed by atoms with E-state index in [0.29, 0.717) is 23.5 Å². The van der Waals surface area contributed by atoms with E-state index >= 15 is 0 Å². The molecule has 0 spiro atoms. The Labute approximate surface area is 113 Å². The van der Waals surface area contributed by atoms with Gasteiger partial charge in [0.1, 0.15) is 0 Å². The first-order chi connectivity index (χ1) is 9.11. The predicted molar refractivity (Wildman–Crippen MR) is 75.6 cm³/mol. The molecular weight excluding hydrogens is 242 g/mol. The molecule has 19 heavy (non-hydrogen) atoms. The standard InChI is InChI=1S/C14H21N3O2/c15-11-6-10(7-12(16)8-11)14(19)17-5-3-1-2-4-13(17)9-18/h6-8,13,18H,1-5,9,15-16H2. The lowest BCUT2D eigenvalue weighted by Crippen LogP contribution is -2.42. The molecule has 2 rings (SSSR count). The Morgan fingerprint density at radius 3 is 2.53 bits per heavy atom. The monoisotopic (exact) mass is 263 g/mol. The second kappa shape index (κ2) is 5.93. The van der Waals surface area contributed by atoms with Crippen LogP contribution in [0.15, 0.2) is 18.2 Å². The van der Waals surface area contributed by atoms with Crippen molar-refractivity contribution < 1.29 is 9.90 Å². The summed E-state index contributed by atoms with van der Waals surface area (Å²) in [5.74, 6) is -0.0973. The van der Waals surface area contributed by atoms with Crippen LogP contribution in [0.1, 0.15) is 36.0 Å². The summed E-state index contributed by atoms with van der Waals surface area (Å²) in [7, 11) is 0. The number of benzene rings is 1. The molecule has 104 valence electrons. The summed E-state index contributed by atoms with van der Waals surface area (Å²) in [5, 5.41) is 9.45. The van der Waals surface area contributed by atoms with Gasteiger partial charge >= 0.3 is 0 Å². The number of aliphatic hydroxyl groups excluding tert-OH is 1. The van der Waals surface area contributed by atoms with Crippen molar-refractivity contribution in [1.29, 1.82) is 0 Å². The van der Waals surface area contributed by atoms with Crippen LogP contribution in [0.3, 0.4) is 0 Å². The van der Waals surface area contributed by atoms with Crippen molar-refractivity contribution in [2.45, 2.75) is 31.7 Å². The highest BCUT2D eigenvalue weighted by molar-refractivity contribution is 5.96. The highest BCUT2D eigenvalue weighted by atomic mass is 16.3. The van der Waals surface area contributed by atoms with Gasteiger partial charge in [0.25, 0.3) is 5.91 Å². The number of nitrogens with zero attached hydrogens (tertiary/aromatic N) is 1. The molecule has 5 nitrogen and oxygen atoms in total. The van der Waals surface area contributed by atoms with Crippen molar-refractivity contribution in [2.24, 2.45) is 0 Å². The maximum atomic E-state index is 12.5. The number of carbonyl (C=O) groups is 1. The minimum Gasteiger partial charge on any atom is -0.399 e. The Bertz CT molecular complexity index is 442. The Balaban J connectivity index is 2.25. The summed E-state index contributed by atoms with van der Waals surface area (Å²) >= 11 is 0. The van der Waals surface area contributed by atoms with Crippen LogP contribution >= 0.6 is 0 Å². The molecule has 1 fully saturated rings. The Kier molecular flexibility index (Phi) is 4.27. The minimum atomic E-state index is -0.0994. The topological polar surface area (TPSA) is 92.6 Å². The van der Waals surface area contributed by atoms with Crippen molar-refractivity contribution in [2.75, 3.05) is 24.6 Å². The average Bonchev–Trinajstić information content (AvgIpc) is 2.61. The minimum absolute atomic E-state index is 0.00351. The van der Waals surface area contributed by atoms with Crippen LogP contribution in [-0.4, -0.2) is 35.1 Å². The third-order valence-electron chi connectivity index (χ3n) is 3.57. The van der Waals surface area contributed by atoms with Crippen molar-refractivity contribution >= 4 is 17.3 Å². The molecule has 0 aliphatic carbocycles. The number of aliphatic hydroxyl groups is 1. The van der Waals surface area contributed by atoms with Crippen molar-refractivity contribution in [3.05, 3.63) is 23.8 Å². The number of hydrogen-bond donors (Lipinski definition) is 3. The van der Waals surface area contributed by atoms with Gasteiger partial charge in [0.2, 0.25) is 0 Å². The zero-order valence-electron chi connectivity index (χ0n) is 11.0. The van der Waals surface area contributed by atoms with E-state index in [1.54, 1.807) is 23.1 Å². The van der Waals surface area contributed by atoms with Gasteiger partial charge in [0.05, 0.1) is 12.6 Å². The van der Waals surface area contributed by atoms with Crippen LogP contribution in [0.25, 0.3) is 0 Å². The zero-order valence-corrected chi connectivity index (χ0v) is 11.0. The molecule has 1 aromatic carbocycles. The van der Waals surface area contributed by atoms with E-state index in [1.165, 1.54) is 0 Å². The van der Waals surface area contributed by atoms with Crippen LogP contribution in [0, 0.1) is 0 Å². The van der Waals surface area contributed by atoms with Gasteiger partial charge in [0.15, 0.2) is 0 Å². The van der Waals surface area contributed by atoms with E-state index in [1.807, 2.05) is 0 Å². The second-order valence-corrected chi connectivity index (χ2v) is 5.07. The number of carbonyl (C=O) groups excluding carboxylic acids is 1. The number of nitrogen functional groups attached to an aromatic ring is 2. The maximum absolute atomic E-state index is 12.5. The fraction of sp³-hybridized carbons (Fsp3) is 0.500. The van der Waals surface area contributed by atoms with Crippen LogP contribution in [0.2, 0.25) is 0 Å². The summed E-state index contributed by atoms with van der Waals surface area (Å²) < 4.78 is 0. The van der Waals surface area contributed by atoms with Gasteiger partial charge in [-0.2, -0.15) is 0 Å². The highest BCUT2D eigenvalue weighted by Gasteiger charge is 2.25. The third kappa shape index (κ3) is 3.17. The van der Waals surface area contributed by atoms with Gasteiger partial charge in [-0.1, -0.05) is 12.8 Å². The molecule has 0 aromatic heterocycles. The average molecular weight is 263 g/mol. The zero-order chi connectivity index (χ0) is 13.8. The fourth-order valence-corrected chi connectivity index (χ4v) is 2.60. The lowest BCUT2D eigenvalue weighted by atomic mass is 10.1. The third-order valence-corrected chi connectivity index (χ3v) is 3.57. The van der Waals surface area contributed by atoms with Gasteiger partial charge in [-0.3, -0.25) is 4.79 Å². The number of nitrogens with two attached hydrogens (primary N) is 2. The van der Waals surface area contributed by atoms with Gasteiger partial charge < -0.3 is 21.5 Å². The smallest absolute Gasteiger partial charge is 0.254 e. The number of hydrogen-bond acceptors (Lipinski definition) is 4. The molecule has 0 bridgehead atoms. The Hall–Kier alpha value is -1.75. The SMILES string of the molecule is Nc1cc(N)cc(C(=O)N2CCCCCC2CO)c1. The number of anilines is 2. The lowest BCUT2D eigenvalue weighted by molar-refractivity contribution is 0.0600. The van der Waals surface area contributed by atoms with E-state index in [0.717, 1.165) is 25.7 Å². The summed E-state index contributed by atoms with van der Waals surface area (Å²) in [6.07, 6.45) is 3.97. The van der Waals surface area contributed by atoms with Crippen molar-refractivity contribution in [3.8, 4) is 0 Å². The van der Waals surface area contributed by atoms with E-state index in [2.05, 4.69) is 0 Å². The molecular formula is C14H21N3O2. The molecule has 1 atom stereocenters. The molecule has 1 aliphatic rings. The molecule has 1 aliphatic heterocycles. The van der Waals surface area contributed by atoms with E-state index in [4.69, 9.17) is 11.5 Å². The molecule has 1 unspecified atom stereocenters. The summed E-state index contributed by atoms with van der Waals surface area (Å²) in [6.45, 7) is 0.683. The number of amides is 1. The molecule has 1 aromatic rings. The summed E-state index contributed by atoms with van der Waals surface area (Å²) in [4.78, 5) is 14.3. The largest absolute Gasteiger partial charge is 0.399 e. The summed E-state index contributed by atoms with van der Waals surface area (Å²) in [6, 6.07) is 4.80. The molecule has 1 amide bonds. The van der Waals surface area contributed by atoms with Crippen LogP contribution in [0.5, 0.6) is 0 Å². The first-order valence-corrected chi connectivity index (χ1v) is 6.69. The van der Waals surface area contributed by atoms with Gasteiger partial charge in [-0.25, -0.2) is 0 Å². The lowest BCUT2D eigenvalue weighted by Gasteiger charge is -2.28. The quantitative estimate of drug-likeness (QED) is 0.700. The van der Waals surface area contributed by atoms with Crippen LogP contribution in [0.4, 0.5) is 11.4 Å². The van der Waals surface area contributed by atoms with Crippen molar-refractivity contribution in [3.63, 3.8) is 0 Å². The van der Waals surface area contributed by atoms with Crippen LogP contribution in [-0.2, 0) is 0 Å². The first kappa shape index (κ1) is 13.7. The van der Waals surface area contributed by atoms with Gasteiger partial charge in [-0.15, -0.1) is 0 Å². The van der Waals surface area contributed by atoms with E-state index < -0.39 is 0 Å². The van der Waals surface area contributed by atoms with E-state index in [9.17, 15) is 9.90 Å². The molecule has 0 radical (unpaired) electrons. The molecule has 5 heteroatoms. The number of rotatable bonds is 2. The Morgan fingerprint density at radius 2 is 1.89 bits per heavy atom. The van der Waals surface area contributed by atoms with Crippen LogP contribution < -0.4 is 11.5 Å². The second-order valence-electron chi connectivity index (χ2n) is 5.07. The molecule has 1 saturated heterocycles. The first-order valence-electron chi connectivity index (χ1n) is 6.69. The van der Waals surface area contributed by atoms with Gasteiger partial charge in [-0.05, 0) is 31.0 Å². The normalized spacial score (nSPS) is 20.1. The molecule has 1 heterocycles. The van der Waals surface area contributed by atoms with Crippen molar-refractivity contribution in [1.82, 2.24) is 4.90 Å². The Morgan fingerprint density at radius 1 is 1.21 bits per heavy atom. The highest BCUT2D eigenvalue weighted by Crippen LogP contribution is 2.21. The van der Waals surface area contributed by atoms with E-state index in [-0.39, 0.29) is 18.6 Å².